The van der Waals surface area contributed by atoms with Crippen LogP contribution in [0.1, 0.15) is 25.8 Å². The maximum absolute atomic E-state index is 9.69. The average Bonchev–Trinajstić information content (AvgIpc) is 2.55. The molecule has 2 N–H and O–H groups in total. The fourth-order valence-electron chi connectivity index (χ4n) is 1.90. The van der Waals surface area contributed by atoms with Gasteiger partial charge in [-0.1, -0.05) is 11.6 Å². The Balaban J connectivity index is 2.62. The molecular weight excluding hydrogens is 240 g/mol. The topological polar surface area (TPSA) is 58.3 Å². The van der Waals surface area contributed by atoms with Crippen LogP contribution in [0, 0.1) is 0 Å². The molecule has 1 heterocycles. The molecule has 0 radical (unpaired) electrons. The van der Waals surface area contributed by atoms with Crippen molar-refractivity contribution in [2.75, 3.05) is 0 Å². The molecule has 2 rings (SSSR count). The van der Waals surface area contributed by atoms with E-state index in [1.807, 2.05) is 10.6 Å². The van der Waals surface area contributed by atoms with Crippen LogP contribution >= 0.6 is 11.6 Å². The molecule has 2 aromatic rings. The first-order chi connectivity index (χ1) is 7.99. The highest BCUT2D eigenvalue weighted by molar-refractivity contribution is 6.31. The number of aromatic nitrogens is 2. The first-order valence-corrected chi connectivity index (χ1v) is 5.88. The van der Waals surface area contributed by atoms with Crippen molar-refractivity contribution < 1.29 is 10.2 Å². The first kappa shape index (κ1) is 12.4. The van der Waals surface area contributed by atoms with Crippen molar-refractivity contribution in [1.82, 2.24) is 9.55 Å². The molecule has 2 unspecified atom stereocenters. The summed E-state index contributed by atoms with van der Waals surface area (Å²) in [6.45, 7) is 3.76. The van der Waals surface area contributed by atoms with E-state index in [0.717, 1.165) is 11.0 Å². The standard InChI is InChI=1S/C12H15ClN2O2/c1-7(16)6-15-11-4-3-9(13)5-10(11)14-12(15)8(2)17/h3-5,7-8,16-17H,6H2,1-2H3. The number of fused-ring (bicyclic) bond motifs is 1. The third-order valence-electron chi connectivity index (χ3n) is 2.56. The fourth-order valence-corrected chi connectivity index (χ4v) is 2.06. The monoisotopic (exact) mass is 254 g/mol. The summed E-state index contributed by atoms with van der Waals surface area (Å²) in [6, 6.07) is 5.37. The second-order valence-corrected chi connectivity index (χ2v) is 4.68. The van der Waals surface area contributed by atoms with Gasteiger partial charge in [-0.3, -0.25) is 0 Å². The summed E-state index contributed by atoms with van der Waals surface area (Å²) in [5.74, 6) is 0.545. The molecule has 0 aliphatic rings. The number of rotatable bonds is 3. The van der Waals surface area contributed by atoms with Gasteiger partial charge in [0.1, 0.15) is 11.9 Å². The Labute approximate surface area is 104 Å². The largest absolute Gasteiger partial charge is 0.392 e. The summed E-state index contributed by atoms with van der Waals surface area (Å²) in [7, 11) is 0. The molecule has 0 bridgehead atoms. The SMILES string of the molecule is CC(O)Cn1c(C(C)O)nc2cc(Cl)ccc21. The van der Waals surface area contributed by atoms with Gasteiger partial charge in [0, 0.05) is 5.02 Å². The molecule has 0 aliphatic heterocycles. The van der Waals surface area contributed by atoms with Crippen LogP contribution < -0.4 is 0 Å². The molecule has 4 nitrogen and oxygen atoms in total. The quantitative estimate of drug-likeness (QED) is 0.882. The molecule has 0 saturated heterocycles. The summed E-state index contributed by atoms with van der Waals surface area (Å²) in [5, 5.41) is 19.8. The molecule has 0 saturated carbocycles. The highest BCUT2D eigenvalue weighted by atomic mass is 35.5. The summed E-state index contributed by atoms with van der Waals surface area (Å²) in [6.07, 6.45) is -1.18. The molecule has 0 spiro atoms. The number of hydrogen-bond acceptors (Lipinski definition) is 3. The predicted octanol–water partition coefficient (Wildman–Crippen LogP) is 2.12. The Bertz CT molecular complexity index is 535. The Morgan fingerprint density at radius 3 is 2.65 bits per heavy atom. The molecule has 17 heavy (non-hydrogen) atoms. The van der Waals surface area contributed by atoms with E-state index in [1.165, 1.54) is 0 Å². The summed E-state index contributed by atoms with van der Waals surface area (Å²) >= 11 is 5.90. The lowest BCUT2D eigenvalue weighted by Gasteiger charge is -2.12. The molecule has 5 heteroatoms. The molecule has 0 fully saturated rings. The van der Waals surface area contributed by atoms with Crippen molar-refractivity contribution in [3.8, 4) is 0 Å². The Morgan fingerprint density at radius 2 is 2.06 bits per heavy atom. The van der Waals surface area contributed by atoms with Gasteiger partial charge < -0.3 is 14.8 Å². The molecule has 0 aliphatic carbocycles. The van der Waals surface area contributed by atoms with E-state index in [2.05, 4.69) is 4.98 Å². The lowest BCUT2D eigenvalue weighted by molar-refractivity contribution is 0.156. The summed E-state index contributed by atoms with van der Waals surface area (Å²) < 4.78 is 1.82. The van der Waals surface area contributed by atoms with Crippen molar-refractivity contribution in [3.63, 3.8) is 0 Å². The number of benzene rings is 1. The van der Waals surface area contributed by atoms with Crippen molar-refractivity contribution in [1.29, 1.82) is 0 Å². The van der Waals surface area contributed by atoms with Crippen molar-refractivity contribution in [3.05, 3.63) is 29.0 Å². The zero-order valence-corrected chi connectivity index (χ0v) is 10.5. The second kappa shape index (κ2) is 4.64. The zero-order valence-electron chi connectivity index (χ0n) is 9.76. The lowest BCUT2D eigenvalue weighted by Crippen LogP contribution is -2.15. The van der Waals surface area contributed by atoms with Crippen molar-refractivity contribution in [2.24, 2.45) is 0 Å². The van der Waals surface area contributed by atoms with Crippen LogP contribution in [0.3, 0.4) is 0 Å². The van der Waals surface area contributed by atoms with E-state index in [0.29, 0.717) is 17.4 Å². The second-order valence-electron chi connectivity index (χ2n) is 4.24. The normalized spacial score (nSPS) is 15.1. The van der Waals surface area contributed by atoms with Gasteiger partial charge in [-0.05, 0) is 32.0 Å². The van der Waals surface area contributed by atoms with Crippen LogP contribution in [-0.2, 0) is 6.54 Å². The van der Waals surface area contributed by atoms with Gasteiger partial charge in [-0.25, -0.2) is 4.98 Å². The van der Waals surface area contributed by atoms with Gasteiger partial charge in [0.05, 0.1) is 23.7 Å². The number of nitrogens with zero attached hydrogens (tertiary/aromatic N) is 2. The van der Waals surface area contributed by atoms with E-state index in [-0.39, 0.29) is 0 Å². The van der Waals surface area contributed by atoms with E-state index in [4.69, 9.17) is 11.6 Å². The van der Waals surface area contributed by atoms with E-state index >= 15 is 0 Å². The third-order valence-corrected chi connectivity index (χ3v) is 2.80. The Kier molecular flexibility index (Phi) is 3.38. The maximum atomic E-state index is 9.69. The lowest BCUT2D eigenvalue weighted by atomic mass is 10.3. The van der Waals surface area contributed by atoms with Gasteiger partial charge in [-0.15, -0.1) is 0 Å². The smallest absolute Gasteiger partial charge is 0.138 e. The summed E-state index contributed by atoms with van der Waals surface area (Å²) in [5.41, 5.74) is 1.60. The van der Waals surface area contributed by atoms with Crippen LogP contribution in [0.4, 0.5) is 0 Å². The van der Waals surface area contributed by atoms with Crippen LogP contribution in [0.15, 0.2) is 18.2 Å². The van der Waals surface area contributed by atoms with Crippen LogP contribution in [0.2, 0.25) is 5.02 Å². The number of halogens is 1. The minimum Gasteiger partial charge on any atom is -0.392 e. The number of hydrogen-bond donors (Lipinski definition) is 2. The predicted molar refractivity (Wildman–Crippen MR) is 67.1 cm³/mol. The highest BCUT2D eigenvalue weighted by Crippen LogP contribution is 2.23. The van der Waals surface area contributed by atoms with Gasteiger partial charge >= 0.3 is 0 Å². The van der Waals surface area contributed by atoms with Gasteiger partial charge in [0.25, 0.3) is 0 Å². The highest BCUT2D eigenvalue weighted by Gasteiger charge is 2.15. The van der Waals surface area contributed by atoms with E-state index < -0.39 is 12.2 Å². The van der Waals surface area contributed by atoms with Gasteiger partial charge in [0.15, 0.2) is 0 Å². The van der Waals surface area contributed by atoms with Crippen molar-refractivity contribution in [2.45, 2.75) is 32.6 Å². The molecule has 1 aromatic heterocycles. The average molecular weight is 255 g/mol. The zero-order chi connectivity index (χ0) is 12.6. The number of imidazole rings is 1. The maximum Gasteiger partial charge on any atom is 0.138 e. The Morgan fingerprint density at radius 1 is 1.35 bits per heavy atom. The molecular formula is C12H15ClN2O2. The Hall–Kier alpha value is -1.10. The minimum absolute atomic E-state index is 0.401. The van der Waals surface area contributed by atoms with E-state index in [1.54, 1.807) is 26.0 Å². The fraction of sp³-hybridized carbons (Fsp3) is 0.417. The number of aliphatic hydroxyl groups excluding tert-OH is 2. The van der Waals surface area contributed by atoms with Crippen LogP contribution in [0.5, 0.6) is 0 Å². The minimum atomic E-state index is -0.681. The first-order valence-electron chi connectivity index (χ1n) is 5.51. The molecule has 2 atom stereocenters. The molecule has 92 valence electrons. The molecule has 1 aromatic carbocycles. The third kappa shape index (κ3) is 2.44. The van der Waals surface area contributed by atoms with E-state index in [9.17, 15) is 10.2 Å². The van der Waals surface area contributed by atoms with Gasteiger partial charge in [0.2, 0.25) is 0 Å². The van der Waals surface area contributed by atoms with Gasteiger partial charge in [-0.2, -0.15) is 0 Å². The molecule has 0 amide bonds. The van der Waals surface area contributed by atoms with Crippen LogP contribution in [-0.4, -0.2) is 25.9 Å². The van der Waals surface area contributed by atoms with Crippen molar-refractivity contribution >= 4 is 22.6 Å². The summed E-state index contributed by atoms with van der Waals surface area (Å²) in [4.78, 5) is 4.34. The number of aliphatic hydroxyl groups is 2. The van der Waals surface area contributed by atoms with Crippen LogP contribution in [0.25, 0.3) is 11.0 Å².